The first kappa shape index (κ1) is 14.8. The largest absolute Gasteiger partial charge is 0.469 e. The van der Waals surface area contributed by atoms with Crippen LogP contribution in [0.2, 0.25) is 0 Å². The van der Waals surface area contributed by atoms with Crippen molar-refractivity contribution in [1.29, 1.82) is 0 Å². The molecule has 0 aromatic rings. The Morgan fingerprint density at radius 3 is 2.41 bits per heavy atom. The number of hydrogen-bond donors (Lipinski definition) is 1. The van der Waals surface area contributed by atoms with Crippen molar-refractivity contribution in [2.75, 3.05) is 19.4 Å². The highest BCUT2D eigenvalue weighted by Gasteiger charge is 2.45. The summed E-state index contributed by atoms with van der Waals surface area (Å²) in [5, 5.41) is 0.456. The molecule has 100 valence electrons. The maximum Gasteiger partial charge on any atom is 0.306 e. The fourth-order valence-corrected chi connectivity index (χ4v) is 3.46. The average molecular weight is 259 g/mol. The minimum atomic E-state index is -0.0804. The highest BCUT2D eigenvalue weighted by molar-refractivity contribution is 8.00. The third kappa shape index (κ3) is 4.51. The molecule has 0 aromatic heterocycles. The number of esters is 1. The van der Waals surface area contributed by atoms with Gasteiger partial charge in [-0.05, 0) is 29.4 Å². The minimum absolute atomic E-state index is 0.0804. The molecule has 0 amide bonds. The lowest BCUT2D eigenvalue weighted by Crippen LogP contribution is -2.32. The molecule has 0 aliphatic heterocycles. The van der Waals surface area contributed by atoms with Crippen LogP contribution >= 0.6 is 11.8 Å². The summed E-state index contributed by atoms with van der Waals surface area (Å²) in [6, 6.07) is 0. The summed E-state index contributed by atoms with van der Waals surface area (Å²) in [5.74, 6) is 0.949. The third-order valence-corrected chi connectivity index (χ3v) is 5.56. The number of rotatable bonds is 6. The van der Waals surface area contributed by atoms with Gasteiger partial charge in [0.05, 0.1) is 13.5 Å². The average Bonchev–Trinajstić information content (AvgIpc) is 2.97. The van der Waals surface area contributed by atoms with Gasteiger partial charge in [-0.15, -0.1) is 0 Å². The summed E-state index contributed by atoms with van der Waals surface area (Å²) in [6.07, 6.45) is 2.87. The Labute approximate surface area is 109 Å². The maximum atomic E-state index is 11.3. The van der Waals surface area contributed by atoms with Crippen LogP contribution in [0.3, 0.4) is 0 Å². The highest BCUT2D eigenvalue weighted by Crippen LogP contribution is 2.52. The van der Waals surface area contributed by atoms with Crippen LogP contribution in [0.4, 0.5) is 0 Å². The second-order valence-electron chi connectivity index (χ2n) is 6.15. The molecule has 1 rings (SSSR count). The molecular formula is C13H25NO2S. The van der Waals surface area contributed by atoms with E-state index in [0.29, 0.717) is 18.2 Å². The Hall–Kier alpha value is -0.220. The van der Waals surface area contributed by atoms with E-state index in [-0.39, 0.29) is 16.8 Å². The van der Waals surface area contributed by atoms with Gasteiger partial charge in [0.25, 0.3) is 0 Å². The van der Waals surface area contributed by atoms with E-state index in [2.05, 4.69) is 20.8 Å². The Kier molecular flexibility index (Phi) is 4.90. The molecule has 1 saturated carbocycles. The molecule has 1 atom stereocenters. The van der Waals surface area contributed by atoms with Crippen molar-refractivity contribution in [3.8, 4) is 0 Å². The lowest BCUT2D eigenvalue weighted by Gasteiger charge is -2.30. The van der Waals surface area contributed by atoms with Gasteiger partial charge in [-0.3, -0.25) is 4.79 Å². The molecule has 1 aliphatic rings. The van der Waals surface area contributed by atoms with E-state index in [0.717, 1.165) is 18.6 Å². The SMILES string of the molecule is COC(=O)CC1(CSC(CN)C(C)(C)C)CC1. The van der Waals surface area contributed by atoms with Gasteiger partial charge in [-0.25, -0.2) is 0 Å². The van der Waals surface area contributed by atoms with Gasteiger partial charge in [0.15, 0.2) is 0 Å². The van der Waals surface area contributed by atoms with Crippen molar-refractivity contribution in [3.05, 3.63) is 0 Å². The van der Waals surface area contributed by atoms with Crippen LogP contribution in [0.15, 0.2) is 0 Å². The van der Waals surface area contributed by atoms with Crippen LogP contribution in [0, 0.1) is 10.8 Å². The smallest absolute Gasteiger partial charge is 0.306 e. The van der Waals surface area contributed by atoms with Crippen molar-refractivity contribution in [1.82, 2.24) is 0 Å². The van der Waals surface area contributed by atoms with Crippen molar-refractivity contribution >= 4 is 17.7 Å². The molecule has 0 spiro atoms. The Bertz CT molecular complexity index is 269. The highest BCUT2D eigenvalue weighted by atomic mass is 32.2. The van der Waals surface area contributed by atoms with Crippen molar-refractivity contribution in [2.45, 2.75) is 45.3 Å². The topological polar surface area (TPSA) is 52.3 Å². The van der Waals surface area contributed by atoms with Gasteiger partial charge < -0.3 is 10.5 Å². The lowest BCUT2D eigenvalue weighted by atomic mass is 9.92. The number of ether oxygens (including phenoxy) is 1. The van der Waals surface area contributed by atoms with E-state index in [1.165, 1.54) is 7.11 Å². The van der Waals surface area contributed by atoms with Crippen molar-refractivity contribution < 1.29 is 9.53 Å². The van der Waals surface area contributed by atoms with Crippen LogP contribution in [0.25, 0.3) is 0 Å². The van der Waals surface area contributed by atoms with Crippen LogP contribution in [0.5, 0.6) is 0 Å². The first-order chi connectivity index (χ1) is 7.83. The second-order valence-corrected chi connectivity index (χ2v) is 7.35. The molecule has 0 bridgehead atoms. The fraction of sp³-hybridized carbons (Fsp3) is 0.923. The zero-order valence-corrected chi connectivity index (χ0v) is 12.2. The first-order valence-corrected chi connectivity index (χ1v) is 7.26. The molecule has 1 unspecified atom stereocenters. The van der Waals surface area contributed by atoms with E-state index in [4.69, 9.17) is 10.5 Å². The number of carbonyl (C=O) groups is 1. The van der Waals surface area contributed by atoms with Crippen LogP contribution in [0.1, 0.15) is 40.0 Å². The molecule has 1 fully saturated rings. The van der Waals surface area contributed by atoms with Crippen LogP contribution < -0.4 is 5.73 Å². The zero-order valence-electron chi connectivity index (χ0n) is 11.4. The van der Waals surface area contributed by atoms with Gasteiger partial charge in [-0.1, -0.05) is 20.8 Å². The molecule has 4 heteroatoms. The molecule has 3 nitrogen and oxygen atoms in total. The van der Waals surface area contributed by atoms with Gasteiger partial charge in [0, 0.05) is 11.8 Å². The lowest BCUT2D eigenvalue weighted by molar-refractivity contribution is -0.141. The standard InChI is InChI=1S/C13H25NO2S/c1-12(2,3)10(8-14)17-9-13(5-6-13)7-11(15)16-4/h10H,5-9,14H2,1-4H3. The molecule has 1 aliphatic carbocycles. The summed E-state index contributed by atoms with van der Waals surface area (Å²) in [4.78, 5) is 11.3. The number of nitrogens with two attached hydrogens (primary N) is 1. The maximum absolute atomic E-state index is 11.3. The van der Waals surface area contributed by atoms with Crippen molar-refractivity contribution in [3.63, 3.8) is 0 Å². The summed E-state index contributed by atoms with van der Waals surface area (Å²) in [5.41, 5.74) is 6.25. The number of hydrogen-bond acceptors (Lipinski definition) is 4. The molecule has 0 radical (unpaired) electrons. The number of thioether (sulfide) groups is 1. The molecule has 0 aromatic carbocycles. The van der Waals surface area contributed by atoms with Crippen LogP contribution in [-0.4, -0.2) is 30.6 Å². The van der Waals surface area contributed by atoms with E-state index in [1.807, 2.05) is 11.8 Å². The molecule has 0 heterocycles. The first-order valence-electron chi connectivity index (χ1n) is 6.21. The monoisotopic (exact) mass is 259 g/mol. The Morgan fingerprint density at radius 1 is 1.47 bits per heavy atom. The predicted molar refractivity (Wildman–Crippen MR) is 73.1 cm³/mol. The third-order valence-electron chi connectivity index (χ3n) is 3.47. The summed E-state index contributed by atoms with van der Waals surface area (Å²) >= 11 is 1.92. The molecule has 17 heavy (non-hydrogen) atoms. The zero-order chi connectivity index (χ0) is 13.1. The van der Waals surface area contributed by atoms with Gasteiger partial charge in [0.2, 0.25) is 0 Å². The van der Waals surface area contributed by atoms with E-state index in [9.17, 15) is 4.79 Å². The molecule has 0 saturated heterocycles. The molecule has 2 N–H and O–H groups in total. The normalized spacial score (nSPS) is 19.8. The number of methoxy groups -OCH3 is 1. The summed E-state index contributed by atoms with van der Waals surface area (Å²) in [7, 11) is 1.46. The van der Waals surface area contributed by atoms with Gasteiger partial charge in [-0.2, -0.15) is 11.8 Å². The quantitative estimate of drug-likeness (QED) is 0.744. The van der Waals surface area contributed by atoms with Crippen molar-refractivity contribution in [2.24, 2.45) is 16.6 Å². The fourth-order valence-electron chi connectivity index (χ4n) is 1.88. The van der Waals surface area contributed by atoms with E-state index in [1.54, 1.807) is 0 Å². The summed E-state index contributed by atoms with van der Waals surface area (Å²) in [6.45, 7) is 7.36. The second kappa shape index (κ2) is 5.61. The Balaban J connectivity index is 2.42. The Morgan fingerprint density at radius 2 is 2.06 bits per heavy atom. The van der Waals surface area contributed by atoms with Gasteiger partial charge in [0.1, 0.15) is 0 Å². The predicted octanol–water partition coefficient (Wildman–Crippen LogP) is 2.44. The van der Waals surface area contributed by atoms with E-state index < -0.39 is 0 Å². The van der Waals surface area contributed by atoms with E-state index >= 15 is 0 Å². The summed E-state index contributed by atoms with van der Waals surface area (Å²) < 4.78 is 4.75. The molecular weight excluding hydrogens is 234 g/mol. The number of carbonyl (C=O) groups excluding carboxylic acids is 1. The van der Waals surface area contributed by atoms with Crippen LogP contribution in [-0.2, 0) is 9.53 Å². The van der Waals surface area contributed by atoms with Gasteiger partial charge >= 0.3 is 5.97 Å². The minimum Gasteiger partial charge on any atom is -0.469 e.